The van der Waals surface area contributed by atoms with Crippen molar-refractivity contribution in [2.24, 2.45) is 0 Å². The van der Waals surface area contributed by atoms with Crippen LogP contribution in [0.15, 0.2) is 84.9 Å². The molecular formula is C46H44Cl6N8. The van der Waals surface area contributed by atoms with E-state index in [9.17, 15) is 0 Å². The number of unbranched alkanes of at least 4 members (excludes halogenated alkanes) is 3. The zero-order valence-electron chi connectivity index (χ0n) is 33.5. The first-order valence-electron chi connectivity index (χ1n) is 19.4. The zero-order valence-corrected chi connectivity index (χ0v) is 38.1. The highest BCUT2D eigenvalue weighted by Crippen LogP contribution is 2.31. The Morgan fingerprint density at radius 2 is 0.817 bits per heavy atom. The Morgan fingerprint density at radius 3 is 1.18 bits per heavy atom. The topological polar surface area (TPSA) is 110 Å². The third kappa shape index (κ3) is 8.92. The molecule has 8 nitrogen and oxygen atoms in total. The summed E-state index contributed by atoms with van der Waals surface area (Å²) in [6, 6.07) is 27.7. The maximum Gasteiger partial charge on any atom is 0.239 e. The number of nitrogen functional groups attached to an aromatic ring is 2. The van der Waals surface area contributed by atoms with Gasteiger partial charge in [0.05, 0.1) is 0 Å². The number of anilines is 4. The lowest BCUT2D eigenvalue weighted by Gasteiger charge is -2.13. The molecule has 6 N–H and O–H groups in total. The van der Waals surface area contributed by atoms with Crippen LogP contribution in [0, 0.1) is 27.7 Å². The minimum absolute atomic E-state index is 0. The van der Waals surface area contributed by atoms with Crippen LogP contribution in [0.5, 0.6) is 0 Å². The summed E-state index contributed by atoms with van der Waals surface area (Å²) in [4.78, 5) is 10.1. The second kappa shape index (κ2) is 18.6. The molecule has 0 saturated carbocycles. The molecule has 0 aliphatic heterocycles. The Bertz CT molecular complexity index is 2740. The van der Waals surface area contributed by atoms with E-state index in [1.54, 1.807) is 12.1 Å². The lowest BCUT2D eigenvalue weighted by Crippen LogP contribution is -3.00. The number of aryl methyl sites for hydroxylation is 4. The molecule has 2 heterocycles. The number of halogens is 6. The molecule has 14 heteroatoms. The fourth-order valence-corrected chi connectivity index (χ4v) is 8.61. The molecule has 0 unspecified atom stereocenters. The molecule has 8 aromatic rings. The van der Waals surface area contributed by atoms with Gasteiger partial charge >= 0.3 is 0 Å². The van der Waals surface area contributed by atoms with Crippen molar-refractivity contribution in [3.63, 3.8) is 0 Å². The van der Waals surface area contributed by atoms with Gasteiger partial charge in [0.15, 0.2) is 0 Å². The molecule has 0 atom stereocenters. The number of nitrogens with zero attached hydrogens (tertiary/aromatic N) is 4. The smallest absolute Gasteiger partial charge is 0.239 e. The van der Waals surface area contributed by atoms with Crippen LogP contribution in [-0.2, 0) is 0 Å². The van der Waals surface area contributed by atoms with Crippen molar-refractivity contribution in [2.45, 2.75) is 53.4 Å². The Hall–Kier alpha value is -4.54. The molecular weight excluding hydrogens is 877 g/mol. The number of hydrogen-bond acceptors (Lipinski definition) is 6. The zero-order chi connectivity index (χ0) is 40.8. The van der Waals surface area contributed by atoms with E-state index in [0.29, 0.717) is 31.5 Å². The molecule has 0 fully saturated rings. The first-order valence-corrected chi connectivity index (χ1v) is 20.9. The summed E-state index contributed by atoms with van der Waals surface area (Å²) in [5.74, 6) is 0. The second-order valence-corrected chi connectivity index (χ2v) is 16.7. The largest absolute Gasteiger partial charge is 1.00 e. The van der Waals surface area contributed by atoms with Gasteiger partial charge in [0, 0.05) is 82.3 Å². The van der Waals surface area contributed by atoms with E-state index in [0.717, 1.165) is 128 Å². The predicted molar refractivity (Wildman–Crippen MR) is 245 cm³/mol. The molecule has 0 radical (unpaired) electrons. The number of nitrogens with two attached hydrogens (primary N) is 2. The lowest BCUT2D eigenvalue weighted by atomic mass is 10.1. The van der Waals surface area contributed by atoms with Crippen LogP contribution in [0.1, 0.15) is 47.9 Å². The highest BCUT2D eigenvalue weighted by atomic mass is 35.5. The van der Waals surface area contributed by atoms with Crippen molar-refractivity contribution in [3.8, 4) is 11.4 Å². The van der Waals surface area contributed by atoms with Crippen molar-refractivity contribution in [1.82, 2.24) is 9.97 Å². The van der Waals surface area contributed by atoms with Gasteiger partial charge in [-0.05, 0) is 111 Å². The monoisotopic (exact) mass is 918 g/mol. The fraction of sp³-hybridized carbons (Fsp3) is 0.217. The van der Waals surface area contributed by atoms with Gasteiger partial charge in [0.25, 0.3) is 0 Å². The standard InChI is InChI=1S/C46H42Cl4N8.2ClH/c1-25-15-37-43(21-33(25)51)57(41-11-9-29(47)19-31(41)49)45-23-35(27(3)17-39(45)55-37)53-13-7-5-6-8-14-54-36-24-46-40(18-28(36)4)56-38-16-26(2)34(52)22-44(38)58(46)42-12-10-30(48)20-32(42)50;;/h9-12,15-24H,5-8,13-14H2,1-4H3,(H4,51,52,53,54);2*1H. The maximum absolute atomic E-state index is 6.80. The van der Waals surface area contributed by atoms with Crippen LogP contribution in [0.4, 0.5) is 22.7 Å². The SMILES string of the molecule is Cc1cc2nc3cc(C)c(NCCCCCCNc4cc5c(cc4C)nc4cc(C)c(N)cc4[n+]5-c4ccc(Cl)cc4Cl)cc3[n+](-c3ccc(Cl)cc3Cl)c2cc1N.[Cl-].[Cl-]. The molecule has 8 rings (SSSR count). The molecule has 0 amide bonds. The Labute approximate surface area is 382 Å². The van der Waals surface area contributed by atoms with Crippen LogP contribution < -0.4 is 56.0 Å². The first-order chi connectivity index (χ1) is 27.9. The number of rotatable bonds is 11. The summed E-state index contributed by atoms with van der Waals surface area (Å²) < 4.78 is 4.26. The quantitative estimate of drug-likeness (QED) is 0.0571. The summed E-state index contributed by atoms with van der Waals surface area (Å²) >= 11 is 26.2. The number of fused-ring (bicyclic) bond motifs is 4. The van der Waals surface area contributed by atoms with Crippen LogP contribution in [0.2, 0.25) is 20.1 Å². The van der Waals surface area contributed by atoms with Crippen LogP contribution >= 0.6 is 46.4 Å². The van der Waals surface area contributed by atoms with Crippen molar-refractivity contribution in [1.29, 1.82) is 0 Å². The van der Waals surface area contributed by atoms with E-state index in [-0.39, 0.29) is 24.8 Å². The molecule has 0 bridgehead atoms. The van der Waals surface area contributed by atoms with Crippen molar-refractivity contribution >= 4 is 113 Å². The average Bonchev–Trinajstić information content (AvgIpc) is 3.17. The molecule has 60 heavy (non-hydrogen) atoms. The van der Waals surface area contributed by atoms with Gasteiger partial charge in [0.2, 0.25) is 33.4 Å². The molecule has 2 aromatic heterocycles. The minimum Gasteiger partial charge on any atom is -1.00 e. The first kappa shape index (κ1) is 45.0. The van der Waals surface area contributed by atoms with E-state index in [4.69, 9.17) is 67.8 Å². The molecule has 0 saturated heterocycles. The Morgan fingerprint density at radius 1 is 0.467 bits per heavy atom. The van der Waals surface area contributed by atoms with Crippen molar-refractivity contribution in [2.75, 3.05) is 35.2 Å². The summed E-state index contributed by atoms with van der Waals surface area (Å²) in [5.41, 5.74) is 29.1. The maximum atomic E-state index is 6.80. The van der Waals surface area contributed by atoms with Gasteiger partial charge in [-0.15, -0.1) is 9.13 Å². The molecule has 0 aliphatic rings. The van der Waals surface area contributed by atoms with Gasteiger partial charge in [0.1, 0.15) is 32.1 Å². The van der Waals surface area contributed by atoms with E-state index in [2.05, 4.69) is 57.9 Å². The van der Waals surface area contributed by atoms with Crippen LogP contribution in [0.25, 0.3) is 55.5 Å². The van der Waals surface area contributed by atoms with Gasteiger partial charge in [-0.25, -0.2) is 9.97 Å². The number of benzene rings is 6. The predicted octanol–water partition coefficient (Wildman–Crippen LogP) is 5.75. The van der Waals surface area contributed by atoms with Gasteiger partial charge in [-0.1, -0.05) is 59.2 Å². The van der Waals surface area contributed by atoms with Gasteiger partial charge < -0.3 is 46.9 Å². The van der Waals surface area contributed by atoms with Gasteiger partial charge in [-0.3, -0.25) is 0 Å². The van der Waals surface area contributed by atoms with Crippen LogP contribution in [0.3, 0.4) is 0 Å². The van der Waals surface area contributed by atoms with E-state index >= 15 is 0 Å². The van der Waals surface area contributed by atoms with Crippen LogP contribution in [-0.4, -0.2) is 23.1 Å². The normalized spacial score (nSPS) is 11.3. The molecule has 6 aromatic carbocycles. The average molecular weight is 922 g/mol. The third-order valence-electron chi connectivity index (χ3n) is 10.9. The Balaban J connectivity index is 0.00000302. The van der Waals surface area contributed by atoms with E-state index < -0.39 is 0 Å². The molecule has 0 spiro atoms. The minimum atomic E-state index is 0. The molecule has 310 valence electrons. The summed E-state index contributed by atoms with van der Waals surface area (Å²) in [5, 5.41) is 9.63. The third-order valence-corrected chi connectivity index (χ3v) is 11.9. The van der Waals surface area contributed by atoms with E-state index in [1.165, 1.54) is 0 Å². The molecule has 0 aliphatic carbocycles. The van der Waals surface area contributed by atoms with Crippen molar-refractivity contribution < 1.29 is 33.9 Å². The number of hydrogen-bond donors (Lipinski definition) is 4. The second-order valence-electron chi connectivity index (χ2n) is 15.1. The van der Waals surface area contributed by atoms with Gasteiger partial charge in [-0.2, -0.15) is 0 Å². The number of aromatic nitrogens is 4. The highest BCUT2D eigenvalue weighted by Gasteiger charge is 2.26. The van der Waals surface area contributed by atoms with E-state index in [1.807, 2.05) is 62.4 Å². The summed E-state index contributed by atoms with van der Waals surface area (Å²) in [6.45, 7) is 9.90. The summed E-state index contributed by atoms with van der Waals surface area (Å²) in [6.07, 6.45) is 4.25. The Kier molecular flexibility index (Phi) is 14.0. The summed E-state index contributed by atoms with van der Waals surface area (Å²) in [7, 11) is 0. The number of nitrogens with one attached hydrogen (secondary N) is 2. The fourth-order valence-electron chi connectivity index (χ4n) is 7.63. The lowest BCUT2D eigenvalue weighted by molar-refractivity contribution is -0.538. The highest BCUT2D eigenvalue weighted by molar-refractivity contribution is 6.36. The van der Waals surface area contributed by atoms with Crippen molar-refractivity contribution in [3.05, 3.63) is 127 Å².